The van der Waals surface area contributed by atoms with Gasteiger partial charge in [0.1, 0.15) is 6.10 Å². The highest BCUT2D eigenvalue weighted by Crippen LogP contribution is 2.53. The number of ether oxygens (including phenoxy) is 1. The van der Waals surface area contributed by atoms with E-state index >= 15 is 0 Å². The number of carbonyl (C=O) groups excluding carboxylic acids is 1. The lowest BCUT2D eigenvalue weighted by atomic mass is 9.57. The molecule has 1 heterocycles. The lowest BCUT2D eigenvalue weighted by Crippen LogP contribution is -2.50. The average Bonchev–Trinajstić information content (AvgIpc) is 2.62. The van der Waals surface area contributed by atoms with Crippen LogP contribution in [-0.2, 0) is 9.53 Å². The van der Waals surface area contributed by atoms with E-state index < -0.39 is 0 Å². The number of carbonyl (C=O) groups is 1. The molecule has 0 radical (unpaired) electrons. The molecule has 2 aliphatic carbocycles. The van der Waals surface area contributed by atoms with Gasteiger partial charge in [-0.2, -0.15) is 0 Å². The van der Waals surface area contributed by atoms with Crippen LogP contribution >= 0.6 is 0 Å². The van der Waals surface area contributed by atoms with Crippen LogP contribution < -0.4 is 0 Å². The van der Waals surface area contributed by atoms with E-state index in [-0.39, 0.29) is 30.0 Å². The zero-order chi connectivity index (χ0) is 13.0. The Labute approximate surface area is 109 Å². The summed E-state index contributed by atoms with van der Waals surface area (Å²) in [5, 5.41) is 10.2. The van der Waals surface area contributed by atoms with E-state index in [4.69, 9.17) is 4.74 Å². The molecule has 0 aromatic heterocycles. The molecule has 18 heavy (non-hydrogen) atoms. The Morgan fingerprint density at radius 2 is 1.83 bits per heavy atom. The second kappa shape index (κ2) is 4.22. The van der Waals surface area contributed by atoms with Gasteiger partial charge in [0.15, 0.2) is 0 Å². The minimum atomic E-state index is -0.227. The van der Waals surface area contributed by atoms with Gasteiger partial charge in [-0.25, -0.2) is 0 Å². The molecule has 1 N–H and O–H groups in total. The Morgan fingerprint density at radius 1 is 1.17 bits per heavy atom. The van der Waals surface area contributed by atoms with E-state index in [1.807, 2.05) is 6.92 Å². The van der Waals surface area contributed by atoms with Crippen molar-refractivity contribution in [3.05, 3.63) is 0 Å². The number of rotatable bonds is 0. The SMILES string of the molecule is CC1CC(O)C(C)C2C1CC[C@H]1[C@H](C)C(=O)O[C@@H]21. The van der Waals surface area contributed by atoms with Gasteiger partial charge in [0.25, 0.3) is 0 Å². The van der Waals surface area contributed by atoms with E-state index in [1.54, 1.807) is 0 Å². The summed E-state index contributed by atoms with van der Waals surface area (Å²) in [6.45, 7) is 6.38. The molecule has 3 nitrogen and oxygen atoms in total. The van der Waals surface area contributed by atoms with Crippen molar-refractivity contribution in [2.75, 3.05) is 0 Å². The molecule has 0 aromatic carbocycles. The van der Waals surface area contributed by atoms with Crippen LogP contribution in [-0.4, -0.2) is 23.3 Å². The zero-order valence-corrected chi connectivity index (χ0v) is 11.5. The van der Waals surface area contributed by atoms with E-state index in [1.165, 1.54) is 6.42 Å². The molecule has 3 aliphatic rings. The number of hydrogen-bond acceptors (Lipinski definition) is 3. The van der Waals surface area contributed by atoms with Crippen molar-refractivity contribution in [1.29, 1.82) is 0 Å². The highest BCUT2D eigenvalue weighted by molar-refractivity contribution is 5.75. The first-order valence-corrected chi connectivity index (χ1v) is 7.39. The van der Waals surface area contributed by atoms with Crippen molar-refractivity contribution in [2.45, 2.75) is 52.2 Å². The van der Waals surface area contributed by atoms with Crippen LogP contribution in [0.3, 0.4) is 0 Å². The number of hydrogen-bond donors (Lipinski definition) is 1. The summed E-state index contributed by atoms with van der Waals surface area (Å²) in [4.78, 5) is 11.8. The smallest absolute Gasteiger partial charge is 0.309 e. The second-order valence-corrected chi connectivity index (χ2v) is 6.81. The third-order valence-electron chi connectivity index (χ3n) is 5.95. The van der Waals surface area contributed by atoms with Crippen molar-refractivity contribution >= 4 is 5.97 Å². The van der Waals surface area contributed by atoms with Crippen LogP contribution in [0.15, 0.2) is 0 Å². The van der Waals surface area contributed by atoms with Gasteiger partial charge in [-0.1, -0.05) is 20.8 Å². The Morgan fingerprint density at radius 3 is 2.56 bits per heavy atom. The van der Waals surface area contributed by atoms with Gasteiger partial charge < -0.3 is 9.84 Å². The van der Waals surface area contributed by atoms with Crippen LogP contribution in [0.25, 0.3) is 0 Å². The summed E-state index contributed by atoms with van der Waals surface area (Å²) in [6, 6.07) is 0. The van der Waals surface area contributed by atoms with E-state index in [0.717, 1.165) is 12.8 Å². The Bertz CT molecular complexity index is 354. The number of fused-ring (bicyclic) bond motifs is 3. The summed E-state index contributed by atoms with van der Waals surface area (Å²) in [6.07, 6.45) is 3.06. The fourth-order valence-corrected chi connectivity index (χ4v) is 4.77. The Balaban J connectivity index is 1.89. The first-order chi connectivity index (χ1) is 8.50. The monoisotopic (exact) mass is 252 g/mol. The van der Waals surface area contributed by atoms with Crippen molar-refractivity contribution in [2.24, 2.45) is 35.5 Å². The molecular weight excluding hydrogens is 228 g/mol. The molecule has 0 amide bonds. The Kier molecular flexibility index (Phi) is 2.92. The van der Waals surface area contributed by atoms with Gasteiger partial charge in [-0.15, -0.1) is 0 Å². The van der Waals surface area contributed by atoms with E-state index in [9.17, 15) is 9.90 Å². The molecule has 1 aliphatic heterocycles. The lowest BCUT2D eigenvalue weighted by molar-refractivity contribution is -0.154. The molecule has 0 bridgehead atoms. The lowest BCUT2D eigenvalue weighted by Gasteiger charge is -2.50. The molecule has 3 fully saturated rings. The molecular formula is C15H24O3. The number of aliphatic hydroxyl groups is 1. The maximum absolute atomic E-state index is 11.8. The summed E-state index contributed by atoms with van der Waals surface area (Å²) in [5.74, 6) is 2.23. The topological polar surface area (TPSA) is 46.5 Å². The molecule has 0 aromatic rings. The molecule has 8 atom stereocenters. The summed E-state index contributed by atoms with van der Waals surface area (Å²) >= 11 is 0. The van der Waals surface area contributed by atoms with Crippen molar-refractivity contribution in [3.63, 3.8) is 0 Å². The van der Waals surface area contributed by atoms with E-state index in [0.29, 0.717) is 23.7 Å². The number of esters is 1. The fraction of sp³-hybridized carbons (Fsp3) is 0.933. The van der Waals surface area contributed by atoms with Crippen LogP contribution in [0.5, 0.6) is 0 Å². The third kappa shape index (κ3) is 1.63. The molecule has 102 valence electrons. The minimum absolute atomic E-state index is 0.0226. The van der Waals surface area contributed by atoms with Crippen LogP contribution in [0.1, 0.15) is 40.0 Å². The van der Waals surface area contributed by atoms with Gasteiger partial charge in [0.05, 0.1) is 12.0 Å². The highest BCUT2D eigenvalue weighted by atomic mass is 16.6. The van der Waals surface area contributed by atoms with Gasteiger partial charge in [0, 0.05) is 11.8 Å². The number of aliphatic hydroxyl groups excluding tert-OH is 1. The minimum Gasteiger partial charge on any atom is -0.462 e. The summed E-state index contributed by atoms with van der Waals surface area (Å²) < 4.78 is 5.66. The zero-order valence-electron chi connectivity index (χ0n) is 11.5. The van der Waals surface area contributed by atoms with Gasteiger partial charge in [-0.3, -0.25) is 4.79 Å². The van der Waals surface area contributed by atoms with Crippen LogP contribution in [0.2, 0.25) is 0 Å². The molecule has 3 rings (SSSR count). The average molecular weight is 252 g/mol. The summed E-state index contributed by atoms with van der Waals surface area (Å²) in [5.41, 5.74) is 0. The predicted molar refractivity (Wildman–Crippen MR) is 67.7 cm³/mol. The maximum Gasteiger partial charge on any atom is 0.309 e. The van der Waals surface area contributed by atoms with Crippen molar-refractivity contribution < 1.29 is 14.6 Å². The Hall–Kier alpha value is -0.570. The van der Waals surface area contributed by atoms with E-state index in [2.05, 4.69) is 13.8 Å². The highest BCUT2D eigenvalue weighted by Gasteiger charge is 2.55. The molecule has 5 unspecified atom stereocenters. The first-order valence-electron chi connectivity index (χ1n) is 7.39. The molecule has 1 saturated heterocycles. The van der Waals surface area contributed by atoms with Gasteiger partial charge in [-0.05, 0) is 37.0 Å². The van der Waals surface area contributed by atoms with Gasteiger partial charge in [0.2, 0.25) is 0 Å². The standard InChI is InChI=1S/C15H24O3/c1-7-6-12(16)9(3)13-10(7)4-5-11-8(2)15(17)18-14(11)13/h7-14,16H,4-6H2,1-3H3/t7?,8-,9?,10?,11-,12?,13?,14+/m0/s1. The normalized spacial score (nSPS) is 55.7. The first kappa shape index (κ1) is 12.5. The molecule has 0 spiro atoms. The fourth-order valence-electron chi connectivity index (χ4n) is 4.77. The molecule has 3 heteroatoms. The van der Waals surface area contributed by atoms with Gasteiger partial charge >= 0.3 is 5.97 Å². The van der Waals surface area contributed by atoms with Crippen molar-refractivity contribution in [3.8, 4) is 0 Å². The largest absolute Gasteiger partial charge is 0.462 e. The quantitative estimate of drug-likeness (QED) is 0.672. The van der Waals surface area contributed by atoms with Crippen LogP contribution in [0.4, 0.5) is 0 Å². The predicted octanol–water partition coefficient (Wildman–Crippen LogP) is 2.23. The van der Waals surface area contributed by atoms with Crippen molar-refractivity contribution in [1.82, 2.24) is 0 Å². The maximum atomic E-state index is 11.8. The third-order valence-corrected chi connectivity index (χ3v) is 5.95. The molecule has 2 saturated carbocycles. The second-order valence-electron chi connectivity index (χ2n) is 6.81. The summed E-state index contributed by atoms with van der Waals surface area (Å²) in [7, 11) is 0. The van der Waals surface area contributed by atoms with Crippen LogP contribution in [0, 0.1) is 35.5 Å².